The first-order chi connectivity index (χ1) is 10.2. The zero-order valence-electron chi connectivity index (χ0n) is 13.3. The van der Waals surface area contributed by atoms with Crippen molar-refractivity contribution >= 4 is 5.97 Å². The van der Waals surface area contributed by atoms with E-state index in [0.29, 0.717) is 12.5 Å². The van der Waals surface area contributed by atoms with Crippen molar-refractivity contribution in [2.45, 2.75) is 52.1 Å². The third kappa shape index (κ3) is 4.57. The van der Waals surface area contributed by atoms with Gasteiger partial charge in [-0.15, -0.1) is 0 Å². The van der Waals surface area contributed by atoms with E-state index in [2.05, 4.69) is 36.1 Å². The maximum Gasteiger partial charge on any atom is 0.323 e. The molecular formula is C18H27NO2. The fraction of sp³-hybridized carbons (Fsp3) is 0.611. The van der Waals surface area contributed by atoms with Crippen LogP contribution in [0.25, 0.3) is 0 Å². The molecule has 1 aromatic carbocycles. The van der Waals surface area contributed by atoms with Gasteiger partial charge < -0.3 is 4.74 Å². The van der Waals surface area contributed by atoms with Crippen LogP contribution in [0.4, 0.5) is 0 Å². The maximum atomic E-state index is 12.3. The molecule has 0 N–H and O–H groups in total. The van der Waals surface area contributed by atoms with Crippen LogP contribution in [0.5, 0.6) is 0 Å². The summed E-state index contributed by atoms with van der Waals surface area (Å²) in [7, 11) is 0. The largest absolute Gasteiger partial charge is 0.465 e. The van der Waals surface area contributed by atoms with Crippen molar-refractivity contribution in [3.63, 3.8) is 0 Å². The predicted octanol–water partition coefficient (Wildman–Crippen LogP) is 3.63. The molecule has 0 aromatic heterocycles. The number of esters is 1. The number of nitrogens with zero attached hydrogens (tertiary/aromatic N) is 1. The van der Waals surface area contributed by atoms with Gasteiger partial charge in [-0.2, -0.15) is 0 Å². The van der Waals surface area contributed by atoms with Gasteiger partial charge in [0.15, 0.2) is 0 Å². The Morgan fingerprint density at radius 2 is 2.05 bits per heavy atom. The molecule has 1 saturated heterocycles. The van der Waals surface area contributed by atoms with Gasteiger partial charge in [-0.25, -0.2) is 0 Å². The Morgan fingerprint density at radius 1 is 1.29 bits per heavy atom. The second-order valence-electron chi connectivity index (χ2n) is 5.90. The third-order valence-corrected chi connectivity index (χ3v) is 4.31. The molecule has 1 fully saturated rings. The summed E-state index contributed by atoms with van der Waals surface area (Å²) >= 11 is 0. The van der Waals surface area contributed by atoms with E-state index in [1.54, 1.807) is 0 Å². The summed E-state index contributed by atoms with van der Waals surface area (Å²) in [5.74, 6) is 0.616. The van der Waals surface area contributed by atoms with E-state index < -0.39 is 0 Å². The molecule has 0 bridgehead atoms. The van der Waals surface area contributed by atoms with Gasteiger partial charge in [0, 0.05) is 6.54 Å². The zero-order chi connectivity index (χ0) is 15.1. The molecule has 1 heterocycles. The molecule has 1 aliphatic heterocycles. The van der Waals surface area contributed by atoms with Crippen molar-refractivity contribution < 1.29 is 9.53 Å². The molecule has 21 heavy (non-hydrogen) atoms. The van der Waals surface area contributed by atoms with Crippen molar-refractivity contribution in [3.05, 3.63) is 35.9 Å². The molecule has 0 amide bonds. The van der Waals surface area contributed by atoms with E-state index in [0.717, 1.165) is 19.5 Å². The average Bonchev–Trinajstić information content (AvgIpc) is 2.50. The van der Waals surface area contributed by atoms with Gasteiger partial charge in [0.1, 0.15) is 6.04 Å². The summed E-state index contributed by atoms with van der Waals surface area (Å²) in [6, 6.07) is 10.3. The number of carbonyl (C=O) groups excluding carboxylic acids is 1. The highest BCUT2D eigenvalue weighted by molar-refractivity contribution is 5.76. The van der Waals surface area contributed by atoms with E-state index >= 15 is 0 Å². The number of hydrogen-bond acceptors (Lipinski definition) is 3. The predicted molar refractivity (Wildman–Crippen MR) is 84.9 cm³/mol. The van der Waals surface area contributed by atoms with E-state index in [4.69, 9.17) is 4.74 Å². The van der Waals surface area contributed by atoms with E-state index in [1.807, 2.05) is 13.0 Å². The van der Waals surface area contributed by atoms with Gasteiger partial charge >= 0.3 is 5.97 Å². The molecule has 2 unspecified atom stereocenters. The van der Waals surface area contributed by atoms with Crippen molar-refractivity contribution in [2.24, 2.45) is 5.92 Å². The lowest BCUT2D eigenvalue weighted by Gasteiger charge is -2.38. The first kappa shape index (κ1) is 16.0. The van der Waals surface area contributed by atoms with E-state index in [9.17, 15) is 4.79 Å². The maximum absolute atomic E-state index is 12.3. The molecule has 1 aromatic rings. The summed E-state index contributed by atoms with van der Waals surface area (Å²) in [5.41, 5.74) is 1.26. The topological polar surface area (TPSA) is 29.5 Å². The van der Waals surface area contributed by atoms with Crippen LogP contribution in [0, 0.1) is 5.92 Å². The van der Waals surface area contributed by atoms with Crippen LogP contribution in [0.3, 0.4) is 0 Å². The van der Waals surface area contributed by atoms with Crippen LogP contribution in [0.15, 0.2) is 30.3 Å². The summed E-state index contributed by atoms with van der Waals surface area (Å²) < 4.78 is 5.30. The Balaban J connectivity index is 2.04. The number of carbonyl (C=O) groups is 1. The molecule has 3 heteroatoms. The molecule has 0 aliphatic carbocycles. The molecule has 1 aliphatic rings. The highest BCUT2D eigenvalue weighted by Gasteiger charge is 2.33. The van der Waals surface area contributed by atoms with Crippen molar-refractivity contribution in [1.29, 1.82) is 0 Å². The molecule has 3 nitrogen and oxygen atoms in total. The van der Waals surface area contributed by atoms with Gasteiger partial charge in [-0.3, -0.25) is 9.69 Å². The molecular weight excluding hydrogens is 262 g/mol. The van der Waals surface area contributed by atoms with Crippen molar-refractivity contribution in [1.82, 2.24) is 4.90 Å². The molecule has 0 spiro atoms. The Bertz CT molecular complexity index is 432. The Morgan fingerprint density at radius 3 is 2.71 bits per heavy atom. The lowest BCUT2D eigenvalue weighted by molar-refractivity contribution is -0.152. The fourth-order valence-corrected chi connectivity index (χ4v) is 3.25. The highest BCUT2D eigenvalue weighted by atomic mass is 16.5. The fourth-order valence-electron chi connectivity index (χ4n) is 3.25. The molecule has 116 valence electrons. The minimum Gasteiger partial charge on any atom is -0.465 e. The van der Waals surface area contributed by atoms with Gasteiger partial charge in [0.05, 0.1) is 6.61 Å². The summed E-state index contributed by atoms with van der Waals surface area (Å²) in [4.78, 5) is 14.6. The van der Waals surface area contributed by atoms with Crippen LogP contribution < -0.4 is 0 Å². The van der Waals surface area contributed by atoms with E-state index in [-0.39, 0.29) is 12.0 Å². The van der Waals surface area contributed by atoms with Crippen molar-refractivity contribution in [3.8, 4) is 0 Å². The number of ether oxygens (including phenoxy) is 1. The minimum atomic E-state index is -0.0737. The first-order valence-corrected chi connectivity index (χ1v) is 8.19. The standard InChI is InChI=1S/C18H27NO2/c1-3-8-15-11-12-19(14-16-9-6-5-7-10-16)17(13-15)18(20)21-4-2/h5-7,9-10,15,17H,3-4,8,11-14H2,1-2H3. The lowest BCUT2D eigenvalue weighted by atomic mass is 9.87. The smallest absolute Gasteiger partial charge is 0.323 e. The van der Waals surface area contributed by atoms with Crippen LogP contribution in [0.1, 0.15) is 45.1 Å². The molecule has 2 rings (SSSR count). The molecule has 0 saturated carbocycles. The summed E-state index contributed by atoms with van der Waals surface area (Å²) in [6.45, 7) is 6.39. The monoisotopic (exact) mass is 289 g/mol. The highest BCUT2D eigenvalue weighted by Crippen LogP contribution is 2.28. The Kier molecular flexibility index (Phi) is 6.24. The Labute approximate surface area is 128 Å². The number of piperidine rings is 1. The molecule has 2 atom stereocenters. The third-order valence-electron chi connectivity index (χ3n) is 4.31. The van der Waals surface area contributed by atoms with Gasteiger partial charge in [-0.05, 0) is 37.8 Å². The van der Waals surface area contributed by atoms with Crippen molar-refractivity contribution in [2.75, 3.05) is 13.2 Å². The molecule has 0 radical (unpaired) electrons. The van der Waals surface area contributed by atoms with Crippen LogP contribution in [-0.4, -0.2) is 30.1 Å². The summed E-state index contributed by atoms with van der Waals surface area (Å²) in [6.07, 6.45) is 4.55. The normalized spacial score (nSPS) is 23.0. The lowest BCUT2D eigenvalue weighted by Crippen LogP contribution is -2.47. The number of likely N-dealkylation sites (tertiary alicyclic amines) is 1. The van der Waals surface area contributed by atoms with Crippen LogP contribution >= 0.6 is 0 Å². The van der Waals surface area contributed by atoms with Crippen LogP contribution in [0.2, 0.25) is 0 Å². The zero-order valence-corrected chi connectivity index (χ0v) is 13.3. The minimum absolute atomic E-state index is 0.0470. The second kappa shape index (κ2) is 8.18. The SMILES string of the molecule is CCCC1CCN(Cc2ccccc2)C(C(=O)OCC)C1. The van der Waals surface area contributed by atoms with Gasteiger partial charge in [-0.1, -0.05) is 50.1 Å². The first-order valence-electron chi connectivity index (χ1n) is 8.19. The number of rotatable bonds is 6. The quantitative estimate of drug-likeness (QED) is 0.749. The average molecular weight is 289 g/mol. The number of hydrogen-bond donors (Lipinski definition) is 0. The van der Waals surface area contributed by atoms with Gasteiger partial charge in [0.25, 0.3) is 0 Å². The Hall–Kier alpha value is -1.35. The second-order valence-corrected chi connectivity index (χ2v) is 5.90. The van der Waals surface area contributed by atoms with Crippen LogP contribution in [-0.2, 0) is 16.1 Å². The number of benzene rings is 1. The van der Waals surface area contributed by atoms with E-state index in [1.165, 1.54) is 24.8 Å². The van der Waals surface area contributed by atoms with Gasteiger partial charge in [0.2, 0.25) is 0 Å². The summed E-state index contributed by atoms with van der Waals surface area (Å²) in [5, 5.41) is 0.